The van der Waals surface area contributed by atoms with E-state index in [0.717, 1.165) is 22.8 Å². The molecule has 0 bridgehead atoms. The Morgan fingerprint density at radius 2 is 1.96 bits per heavy atom. The summed E-state index contributed by atoms with van der Waals surface area (Å²) in [5.74, 6) is 1.65. The topological polar surface area (TPSA) is 77.5 Å². The number of aromatic nitrogens is 2. The highest BCUT2D eigenvalue weighted by molar-refractivity contribution is 5.92. The Bertz CT molecular complexity index is 912. The summed E-state index contributed by atoms with van der Waals surface area (Å²) in [6.07, 6.45) is 1.91. The number of guanidine groups is 1. The van der Waals surface area contributed by atoms with Gasteiger partial charge in [-0.25, -0.2) is 9.67 Å². The maximum Gasteiger partial charge on any atom is 0.193 e. The highest BCUT2D eigenvalue weighted by atomic mass is 16.5. The van der Waals surface area contributed by atoms with Crippen molar-refractivity contribution in [2.75, 3.05) is 12.4 Å². The molecule has 0 atom stereocenters. The zero-order valence-corrected chi connectivity index (χ0v) is 15.9. The van der Waals surface area contributed by atoms with Crippen molar-refractivity contribution >= 4 is 11.6 Å². The first kappa shape index (κ1) is 18.5. The van der Waals surface area contributed by atoms with Gasteiger partial charge >= 0.3 is 0 Å². The molecule has 0 aliphatic carbocycles. The van der Waals surface area contributed by atoms with E-state index in [-0.39, 0.29) is 0 Å². The Hall–Kier alpha value is -3.28. The lowest BCUT2D eigenvalue weighted by atomic mass is 10.0. The van der Waals surface area contributed by atoms with E-state index < -0.39 is 0 Å². The van der Waals surface area contributed by atoms with Crippen molar-refractivity contribution in [3.63, 3.8) is 0 Å². The number of aliphatic imine (C=N–C) groups is 1. The van der Waals surface area contributed by atoms with E-state index in [0.29, 0.717) is 18.4 Å². The molecule has 0 spiro atoms. The van der Waals surface area contributed by atoms with E-state index in [9.17, 15) is 0 Å². The Morgan fingerprint density at radius 3 is 2.67 bits per heavy atom. The summed E-state index contributed by atoms with van der Waals surface area (Å²) in [5.41, 5.74) is 10.0. The number of anilines is 1. The fourth-order valence-corrected chi connectivity index (χ4v) is 2.65. The molecule has 0 aliphatic rings. The Kier molecular flexibility index (Phi) is 5.76. The minimum Gasteiger partial charge on any atom is -0.497 e. The van der Waals surface area contributed by atoms with Gasteiger partial charge in [-0.2, -0.15) is 5.10 Å². The summed E-state index contributed by atoms with van der Waals surface area (Å²) in [7, 11) is 1.65. The molecule has 3 aromatic rings. The number of nitrogens with zero attached hydrogens (tertiary/aromatic N) is 3. The van der Waals surface area contributed by atoms with Crippen LogP contribution in [0.5, 0.6) is 5.75 Å². The monoisotopic (exact) mass is 363 g/mol. The molecule has 140 valence electrons. The zero-order valence-electron chi connectivity index (χ0n) is 15.9. The molecule has 0 saturated carbocycles. The first-order valence-corrected chi connectivity index (χ1v) is 8.91. The smallest absolute Gasteiger partial charge is 0.193 e. The van der Waals surface area contributed by atoms with Crippen LogP contribution < -0.4 is 15.8 Å². The van der Waals surface area contributed by atoms with Crippen LogP contribution in [0.4, 0.5) is 5.69 Å². The van der Waals surface area contributed by atoms with Crippen molar-refractivity contribution in [3.8, 4) is 11.4 Å². The number of hydrogen-bond donors (Lipinski definition) is 2. The van der Waals surface area contributed by atoms with Crippen LogP contribution in [0.15, 0.2) is 65.8 Å². The Morgan fingerprint density at radius 1 is 1.19 bits per heavy atom. The van der Waals surface area contributed by atoms with Crippen molar-refractivity contribution in [3.05, 3.63) is 72.1 Å². The molecule has 0 amide bonds. The van der Waals surface area contributed by atoms with Crippen LogP contribution in [0, 0.1) is 0 Å². The molecule has 1 aromatic heterocycles. The van der Waals surface area contributed by atoms with Gasteiger partial charge in [-0.1, -0.05) is 26.0 Å². The predicted molar refractivity (Wildman–Crippen MR) is 110 cm³/mol. The van der Waals surface area contributed by atoms with Crippen LogP contribution in [-0.4, -0.2) is 22.8 Å². The van der Waals surface area contributed by atoms with Gasteiger partial charge in [-0.05, 0) is 53.9 Å². The third kappa shape index (κ3) is 4.88. The van der Waals surface area contributed by atoms with Gasteiger partial charge in [0.1, 0.15) is 5.75 Å². The second-order valence-electron chi connectivity index (χ2n) is 6.56. The Labute approximate surface area is 159 Å². The zero-order chi connectivity index (χ0) is 19.2. The summed E-state index contributed by atoms with van der Waals surface area (Å²) >= 11 is 0. The summed E-state index contributed by atoms with van der Waals surface area (Å²) in [6.45, 7) is 4.73. The number of nitrogens with one attached hydrogen (secondary N) is 1. The van der Waals surface area contributed by atoms with Crippen LogP contribution >= 0.6 is 0 Å². The number of methoxy groups -OCH3 is 1. The van der Waals surface area contributed by atoms with Crippen molar-refractivity contribution < 1.29 is 4.74 Å². The van der Waals surface area contributed by atoms with E-state index >= 15 is 0 Å². The normalized spacial score (nSPS) is 11.6. The molecule has 6 heteroatoms. The summed E-state index contributed by atoms with van der Waals surface area (Å²) in [5, 5.41) is 7.68. The van der Waals surface area contributed by atoms with Crippen LogP contribution in [0.2, 0.25) is 0 Å². The highest BCUT2D eigenvalue weighted by Gasteiger charge is 2.03. The number of ether oxygens (including phenoxy) is 1. The maximum atomic E-state index is 6.02. The molecule has 0 fully saturated rings. The molecule has 6 nitrogen and oxygen atoms in total. The predicted octanol–water partition coefficient (Wildman–Crippen LogP) is 3.93. The van der Waals surface area contributed by atoms with Crippen molar-refractivity contribution in [1.29, 1.82) is 0 Å². The third-order valence-corrected chi connectivity index (χ3v) is 4.22. The minimum absolute atomic E-state index is 0.370. The standard InChI is InChI=1S/C21H25N5O/c1-15(2)16-5-4-6-17(13-16)24-21(22)23-14-18-11-12-26(25-18)19-7-9-20(27-3)10-8-19/h4-13,15H,14H2,1-3H3,(H3,22,23,24). The molecule has 0 aliphatic heterocycles. The van der Waals surface area contributed by atoms with Crippen molar-refractivity contribution in [1.82, 2.24) is 9.78 Å². The molecule has 1 heterocycles. The highest BCUT2D eigenvalue weighted by Crippen LogP contribution is 2.18. The van der Waals surface area contributed by atoms with Gasteiger partial charge in [0, 0.05) is 11.9 Å². The number of hydrogen-bond acceptors (Lipinski definition) is 3. The number of nitrogens with two attached hydrogens (primary N) is 1. The fourth-order valence-electron chi connectivity index (χ4n) is 2.65. The minimum atomic E-state index is 0.370. The second kappa shape index (κ2) is 8.40. The molecule has 0 saturated heterocycles. The van der Waals surface area contributed by atoms with Gasteiger partial charge in [-0.15, -0.1) is 0 Å². The average molecular weight is 363 g/mol. The van der Waals surface area contributed by atoms with Crippen molar-refractivity contribution in [2.24, 2.45) is 10.7 Å². The van der Waals surface area contributed by atoms with E-state index in [1.165, 1.54) is 5.56 Å². The molecule has 3 N–H and O–H groups in total. The lowest BCUT2D eigenvalue weighted by Gasteiger charge is -2.09. The molecule has 27 heavy (non-hydrogen) atoms. The maximum absolute atomic E-state index is 6.02. The summed E-state index contributed by atoms with van der Waals surface area (Å²) in [4.78, 5) is 4.39. The fraction of sp³-hybridized carbons (Fsp3) is 0.238. The van der Waals surface area contributed by atoms with Gasteiger partial charge in [0.15, 0.2) is 5.96 Å². The lowest BCUT2D eigenvalue weighted by Crippen LogP contribution is -2.22. The molecular weight excluding hydrogens is 338 g/mol. The third-order valence-electron chi connectivity index (χ3n) is 4.22. The van der Waals surface area contributed by atoms with E-state index in [1.54, 1.807) is 11.8 Å². The second-order valence-corrected chi connectivity index (χ2v) is 6.56. The van der Waals surface area contributed by atoms with Crippen molar-refractivity contribution in [2.45, 2.75) is 26.3 Å². The summed E-state index contributed by atoms with van der Waals surface area (Å²) in [6, 6.07) is 17.8. The lowest BCUT2D eigenvalue weighted by molar-refractivity contribution is 0.414. The Balaban J connectivity index is 1.63. The van der Waals surface area contributed by atoms with E-state index in [1.807, 2.05) is 48.7 Å². The van der Waals surface area contributed by atoms with E-state index in [4.69, 9.17) is 10.5 Å². The largest absolute Gasteiger partial charge is 0.497 e. The van der Waals surface area contributed by atoms with Gasteiger partial charge in [-0.3, -0.25) is 0 Å². The first-order chi connectivity index (χ1) is 13.0. The van der Waals surface area contributed by atoms with Crippen LogP contribution in [-0.2, 0) is 6.54 Å². The molecular formula is C21H25N5O. The van der Waals surface area contributed by atoms with E-state index in [2.05, 4.69) is 41.4 Å². The van der Waals surface area contributed by atoms with Gasteiger partial charge < -0.3 is 15.8 Å². The quantitative estimate of drug-likeness (QED) is 0.514. The van der Waals surface area contributed by atoms with Crippen LogP contribution in [0.3, 0.4) is 0 Å². The SMILES string of the molecule is COc1ccc(-n2ccc(CN=C(N)Nc3cccc(C(C)C)c3)n2)cc1. The molecule has 0 radical (unpaired) electrons. The summed E-state index contributed by atoms with van der Waals surface area (Å²) < 4.78 is 6.98. The van der Waals surface area contributed by atoms with Crippen LogP contribution in [0.1, 0.15) is 31.0 Å². The number of rotatable bonds is 6. The first-order valence-electron chi connectivity index (χ1n) is 8.91. The molecule has 0 unspecified atom stereocenters. The average Bonchev–Trinajstić information content (AvgIpc) is 3.16. The van der Waals surface area contributed by atoms with Gasteiger partial charge in [0.05, 0.1) is 25.0 Å². The number of benzene rings is 2. The van der Waals surface area contributed by atoms with Crippen LogP contribution in [0.25, 0.3) is 5.69 Å². The van der Waals surface area contributed by atoms with Gasteiger partial charge in [0.25, 0.3) is 0 Å². The molecule has 2 aromatic carbocycles. The molecule has 3 rings (SSSR count). The van der Waals surface area contributed by atoms with Gasteiger partial charge in [0.2, 0.25) is 0 Å².